The molecule has 3 nitrogen and oxygen atoms in total. The zero-order valence-corrected chi connectivity index (χ0v) is 10.8. The van der Waals surface area contributed by atoms with Gasteiger partial charge in [-0.1, -0.05) is 48.5 Å². The van der Waals surface area contributed by atoms with Gasteiger partial charge in [0.2, 0.25) is 0 Å². The lowest BCUT2D eigenvalue weighted by Crippen LogP contribution is -2.11. The summed E-state index contributed by atoms with van der Waals surface area (Å²) >= 11 is 0. The Hall–Kier alpha value is -2.13. The van der Waals surface area contributed by atoms with Crippen molar-refractivity contribution < 1.29 is 4.74 Å². The first kappa shape index (κ1) is 13.3. The van der Waals surface area contributed by atoms with Crippen LogP contribution in [0.5, 0.6) is 0 Å². The lowest BCUT2D eigenvalue weighted by molar-refractivity contribution is 0.124. The molecular weight excluding hydrogens is 236 g/mol. The van der Waals surface area contributed by atoms with E-state index in [1.54, 1.807) is 0 Å². The van der Waals surface area contributed by atoms with Gasteiger partial charge in [0.05, 0.1) is 13.2 Å². The van der Waals surface area contributed by atoms with Gasteiger partial charge in [0.15, 0.2) is 0 Å². The largest absolute Gasteiger partial charge is 0.384 e. The van der Waals surface area contributed by atoms with Crippen LogP contribution in [0, 0.1) is 5.41 Å². The molecule has 0 radical (unpaired) electrons. The average Bonchev–Trinajstić information content (AvgIpc) is 2.45. The summed E-state index contributed by atoms with van der Waals surface area (Å²) in [4.78, 5) is 0. The summed E-state index contributed by atoms with van der Waals surface area (Å²) in [5.74, 6) is 0.0890. The molecule has 0 atom stereocenters. The number of ether oxygens (including phenoxy) is 1. The smallest absolute Gasteiger partial charge is 0.122 e. The molecule has 0 aromatic heterocycles. The molecule has 3 N–H and O–H groups in total. The van der Waals surface area contributed by atoms with Crippen LogP contribution >= 0.6 is 0 Å². The van der Waals surface area contributed by atoms with Crippen LogP contribution in [0.15, 0.2) is 54.6 Å². The lowest BCUT2D eigenvalue weighted by Gasteiger charge is -2.06. The van der Waals surface area contributed by atoms with Crippen LogP contribution < -0.4 is 5.73 Å². The Bertz CT molecular complexity index is 537. The molecule has 2 aromatic rings. The third kappa shape index (κ3) is 4.23. The number of hydrogen-bond donors (Lipinski definition) is 2. The molecule has 0 amide bonds. The minimum atomic E-state index is 0.0890. The van der Waals surface area contributed by atoms with Crippen molar-refractivity contribution >= 4 is 5.84 Å². The third-order valence-electron chi connectivity index (χ3n) is 2.88. The predicted molar refractivity (Wildman–Crippen MR) is 77.3 cm³/mol. The van der Waals surface area contributed by atoms with Crippen LogP contribution in [0.2, 0.25) is 0 Å². The fourth-order valence-electron chi connectivity index (χ4n) is 1.85. The monoisotopic (exact) mass is 254 g/mol. The van der Waals surface area contributed by atoms with Crippen molar-refractivity contribution in [1.82, 2.24) is 0 Å². The molecule has 98 valence electrons. The molecule has 19 heavy (non-hydrogen) atoms. The van der Waals surface area contributed by atoms with Crippen molar-refractivity contribution in [2.75, 3.05) is 6.61 Å². The molecule has 0 aliphatic heterocycles. The van der Waals surface area contributed by atoms with Crippen LogP contribution in [0.4, 0.5) is 0 Å². The molecule has 0 fully saturated rings. The Morgan fingerprint density at radius 1 is 1.00 bits per heavy atom. The standard InChI is InChI=1S/C16H18N2O/c17-16(18)15-8-4-7-14(11-15)12-19-10-9-13-5-2-1-3-6-13/h1-8,11H,9-10,12H2,(H3,17,18). The summed E-state index contributed by atoms with van der Waals surface area (Å²) in [6.45, 7) is 1.24. The van der Waals surface area contributed by atoms with E-state index in [4.69, 9.17) is 15.9 Å². The summed E-state index contributed by atoms with van der Waals surface area (Å²) in [6.07, 6.45) is 0.910. The zero-order chi connectivity index (χ0) is 13.5. The first-order valence-corrected chi connectivity index (χ1v) is 6.31. The Kier molecular flexibility index (Phi) is 4.70. The number of nitrogens with two attached hydrogens (primary N) is 1. The van der Waals surface area contributed by atoms with E-state index >= 15 is 0 Å². The molecule has 2 rings (SSSR count). The highest BCUT2D eigenvalue weighted by atomic mass is 16.5. The van der Waals surface area contributed by atoms with Gasteiger partial charge < -0.3 is 10.5 Å². The average molecular weight is 254 g/mol. The molecular formula is C16H18N2O. The highest BCUT2D eigenvalue weighted by Crippen LogP contribution is 2.07. The van der Waals surface area contributed by atoms with Gasteiger partial charge in [-0.25, -0.2) is 0 Å². The Balaban J connectivity index is 1.80. The van der Waals surface area contributed by atoms with Gasteiger partial charge in [0.1, 0.15) is 5.84 Å². The van der Waals surface area contributed by atoms with E-state index in [1.165, 1.54) is 5.56 Å². The van der Waals surface area contributed by atoms with Crippen molar-refractivity contribution in [2.45, 2.75) is 13.0 Å². The van der Waals surface area contributed by atoms with Gasteiger partial charge in [-0.15, -0.1) is 0 Å². The second-order valence-corrected chi connectivity index (χ2v) is 4.40. The van der Waals surface area contributed by atoms with Crippen LogP contribution in [-0.2, 0) is 17.8 Å². The number of benzene rings is 2. The van der Waals surface area contributed by atoms with Crippen LogP contribution in [0.25, 0.3) is 0 Å². The number of nitrogens with one attached hydrogen (secondary N) is 1. The molecule has 2 aromatic carbocycles. The third-order valence-corrected chi connectivity index (χ3v) is 2.88. The van der Waals surface area contributed by atoms with E-state index in [0.29, 0.717) is 13.2 Å². The number of rotatable bonds is 6. The summed E-state index contributed by atoms with van der Waals surface area (Å²) in [7, 11) is 0. The lowest BCUT2D eigenvalue weighted by atomic mass is 10.1. The van der Waals surface area contributed by atoms with Gasteiger partial charge in [0.25, 0.3) is 0 Å². The zero-order valence-electron chi connectivity index (χ0n) is 10.8. The topological polar surface area (TPSA) is 59.1 Å². The van der Waals surface area contributed by atoms with Crippen molar-refractivity contribution in [3.63, 3.8) is 0 Å². The van der Waals surface area contributed by atoms with Crippen molar-refractivity contribution in [2.24, 2.45) is 5.73 Å². The van der Waals surface area contributed by atoms with Gasteiger partial charge in [-0.2, -0.15) is 0 Å². The highest BCUT2D eigenvalue weighted by Gasteiger charge is 1.99. The van der Waals surface area contributed by atoms with Crippen molar-refractivity contribution in [3.05, 3.63) is 71.3 Å². The molecule has 0 aliphatic carbocycles. The molecule has 0 bridgehead atoms. The summed E-state index contributed by atoms with van der Waals surface area (Å²) in [5, 5.41) is 7.39. The number of amidine groups is 1. The first-order valence-electron chi connectivity index (χ1n) is 6.31. The quantitative estimate of drug-likeness (QED) is 0.473. The first-order chi connectivity index (χ1) is 9.25. The SMILES string of the molecule is N=C(N)c1cccc(COCCc2ccccc2)c1. The van der Waals surface area contributed by atoms with Gasteiger partial charge in [-0.3, -0.25) is 5.41 Å². The van der Waals surface area contributed by atoms with E-state index in [-0.39, 0.29) is 5.84 Å². The number of nitrogen functional groups attached to an aromatic ring is 1. The maximum Gasteiger partial charge on any atom is 0.122 e. The Labute approximate surface area is 113 Å². The summed E-state index contributed by atoms with van der Waals surface area (Å²) < 4.78 is 5.65. The van der Waals surface area contributed by atoms with Gasteiger partial charge >= 0.3 is 0 Å². The fourth-order valence-corrected chi connectivity index (χ4v) is 1.85. The Morgan fingerprint density at radius 2 is 1.74 bits per heavy atom. The van der Waals surface area contributed by atoms with Crippen LogP contribution in [0.1, 0.15) is 16.7 Å². The van der Waals surface area contributed by atoms with E-state index < -0.39 is 0 Å². The van der Waals surface area contributed by atoms with Crippen molar-refractivity contribution in [3.8, 4) is 0 Å². The molecule has 0 saturated heterocycles. The van der Waals surface area contributed by atoms with E-state index in [0.717, 1.165) is 17.5 Å². The minimum Gasteiger partial charge on any atom is -0.384 e. The van der Waals surface area contributed by atoms with E-state index in [2.05, 4.69) is 12.1 Å². The van der Waals surface area contributed by atoms with E-state index in [9.17, 15) is 0 Å². The molecule has 0 heterocycles. The maximum absolute atomic E-state index is 7.39. The van der Waals surface area contributed by atoms with Gasteiger partial charge in [-0.05, 0) is 23.6 Å². The number of hydrogen-bond acceptors (Lipinski definition) is 2. The highest BCUT2D eigenvalue weighted by molar-refractivity contribution is 5.95. The summed E-state index contributed by atoms with van der Waals surface area (Å²) in [5.41, 5.74) is 8.52. The van der Waals surface area contributed by atoms with Crippen LogP contribution in [0.3, 0.4) is 0 Å². The van der Waals surface area contributed by atoms with Crippen LogP contribution in [-0.4, -0.2) is 12.4 Å². The summed E-state index contributed by atoms with van der Waals surface area (Å²) in [6, 6.07) is 17.9. The normalized spacial score (nSPS) is 10.3. The molecule has 0 unspecified atom stereocenters. The fraction of sp³-hybridized carbons (Fsp3) is 0.188. The molecule has 3 heteroatoms. The maximum atomic E-state index is 7.39. The molecule has 0 spiro atoms. The van der Waals surface area contributed by atoms with E-state index in [1.807, 2.05) is 42.5 Å². The van der Waals surface area contributed by atoms with Gasteiger partial charge in [0, 0.05) is 5.56 Å². The molecule has 0 saturated carbocycles. The Morgan fingerprint density at radius 3 is 2.47 bits per heavy atom. The van der Waals surface area contributed by atoms with Crippen molar-refractivity contribution in [1.29, 1.82) is 5.41 Å². The second kappa shape index (κ2) is 6.71. The molecule has 0 aliphatic rings. The predicted octanol–water partition coefficient (Wildman–Crippen LogP) is 2.73. The minimum absolute atomic E-state index is 0.0890. The second-order valence-electron chi connectivity index (χ2n) is 4.40.